The molecule has 2 aliphatic rings. The highest BCUT2D eigenvalue weighted by Crippen LogP contribution is 2.23. The molecule has 0 bridgehead atoms. The summed E-state index contributed by atoms with van der Waals surface area (Å²) in [4.78, 5) is 5.04. The molecule has 1 saturated carbocycles. The van der Waals surface area contributed by atoms with Crippen LogP contribution in [0, 0.1) is 0 Å². The summed E-state index contributed by atoms with van der Waals surface area (Å²) in [7, 11) is 0. The minimum Gasteiger partial charge on any atom is -0.395 e. The fourth-order valence-electron chi connectivity index (χ4n) is 3.19. The molecule has 4 nitrogen and oxygen atoms in total. The molecule has 0 aromatic heterocycles. The molecular weight excluding hydrogens is 214 g/mol. The average molecular weight is 241 g/mol. The Labute approximate surface area is 105 Å². The van der Waals surface area contributed by atoms with Crippen molar-refractivity contribution in [3.8, 4) is 0 Å². The molecule has 1 aliphatic heterocycles. The maximum atomic E-state index is 8.98. The highest BCUT2D eigenvalue weighted by Gasteiger charge is 2.25. The van der Waals surface area contributed by atoms with E-state index in [-0.39, 0.29) is 6.61 Å². The maximum absolute atomic E-state index is 8.98. The highest BCUT2D eigenvalue weighted by atomic mass is 16.3. The Kier molecular flexibility index (Phi) is 5.22. The lowest BCUT2D eigenvalue weighted by atomic mass is 9.90. The molecule has 3 N–H and O–H groups in total. The lowest BCUT2D eigenvalue weighted by molar-refractivity contribution is 0.148. The third kappa shape index (κ3) is 3.91. The van der Waals surface area contributed by atoms with Gasteiger partial charge in [-0.3, -0.25) is 9.80 Å². The monoisotopic (exact) mass is 241 g/mol. The first kappa shape index (κ1) is 13.3. The van der Waals surface area contributed by atoms with E-state index in [1.54, 1.807) is 0 Å². The summed E-state index contributed by atoms with van der Waals surface area (Å²) >= 11 is 0. The van der Waals surface area contributed by atoms with Crippen LogP contribution in [0.5, 0.6) is 0 Å². The van der Waals surface area contributed by atoms with Crippen LogP contribution in [0.25, 0.3) is 0 Å². The van der Waals surface area contributed by atoms with Gasteiger partial charge in [-0.25, -0.2) is 0 Å². The number of aliphatic hydroxyl groups excluding tert-OH is 1. The van der Waals surface area contributed by atoms with Gasteiger partial charge in [0.05, 0.1) is 6.61 Å². The smallest absolute Gasteiger partial charge is 0.0558 e. The Morgan fingerprint density at radius 1 is 1.00 bits per heavy atom. The summed E-state index contributed by atoms with van der Waals surface area (Å²) in [6, 6.07) is 1.22. The van der Waals surface area contributed by atoms with Crippen LogP contribution in [0.1, 0.15) is 32.1 Å². The van der Waals surface area contributed by atoms with Gasteiger partial charge in [0.15, 0.2) is 0 Å². The summed E-state index contributed by atoms with van der Waals surface area (Å²) in [5.41, 5.74) is 5.96. The maximum Gasteiger partial charge on any atom is 0.0558 e. The number of nitrogens with two attached hydrogens (primary N) is 1. The topological polar surface area (TPSA) is 52.7 Å². The molecule has 0 aromatic rings. The van der Waals surface area contributed by atoms with Crippen molar-refractivity contribution in [1.29, 1.82) is 0 Å². The Morgan fingerprint density at radius 2 is 1.76 bits per heavy atom. The van der Waals surface area contributed by atoms with Crippen molar-refractivity contribution >= 4 is 0 Å². The fourth-order valence-corrected chi connectivity index (χ4v) is 3.19. The molecule has 0 amide bonds. The minimum absolute atomic E-state index is 0.290. The number of hydrogen-bond acceptors (Lipinski definition) is 4. The molecule has 0 spiro atoms. The molecule has 0 radical (unpaired) electrons. The predicted octanol–water partition coefficient (Wildman–Crippen LogP) is 0.256. The fraction of sp³-hybridized carbons (Fsp3) is 1.00. The molecule has 0 unspecified atom stereocenters. The molecular formula is C13H27N3O. The molecule has 4 heteroatoms. The molecule has 100 valence electrons. The molecule has 2 fully saturated rings. The van der Waals surface area contributed by atoms with Gasteiger partial charge < -0.3 is 10.8 Å². The third-order valence-corrected chi connectivity index (χ3v) is 4.30. The van der Waals surface area contributed by atoms with Crippen LogP contribution in [0.3, 0.4) is 0 Å². The zero-order valence-corrected chi connectivity index (χ0v) is 10.9. The lowest BCUT2D eigenvalue weighted by Gasteiger charge is -2.35. The number of rotatable bonds is 3. The largest absolute Gasteiger partial charge is 0.395 e. The van der Waals surface area contributed by atoms with Crippen molar-refractivity contribution in [3.05, 3.63) is 0 Å². The number of β-amino-alcohol motifs (C(OH)–C–C–N with tert-alkyl or cyclic N) is 1. The summed E-state index contributed by atoms with van der Waals surface area (Å²) < 4.78 is 0. The summed E-state index contributed by atoms with van der Waals surface area (Å²) in [5, 5.41) is 8.98. The van der Waals surface area contributed by atoms with Crippen LogP contribution < -0.4 is 5.73 Å². The summed E-state index contributed by atoms with van der Waals surface area (Å²) in [6.07, 6.45) is 6.19. The standard InChI is InChI=1S/C13H27N3O/c14-12-2-4-13(5-3-12)16-7-1-6-15(8-9-16)10-11-17/h12-13,17H,1-11,14H2. The normalized spacial score (nSPS) is 33.5. The number of hydrogen-bond donors (Lipinski definition) is 2. The molecule has 2 rings (SSSR count). The van der Waals surface area contributed by atoms with Crippen molar-refractivity contribution in [1.82, 2.24) is 9.80 Å². The van der Waals surface area contributed by atoms with E-state index in [1.165, 1.54) is 45.2 Å². The second-order valence-corrected chi connectivity index (χ2v) is 5.52. The van der Waals surface area contributed by atoms with Crippen molar-refractivity contribution in [2.45, 2.75) is 44.2 Å². The van der Waals surface area contributed by atoms with Crippen molar-refractivity contribution in [3.63, 3.8) is 0 Å². The zero-order chi connectivity index (χ0) is 12.1. The van der Waals surface area contributed by atoms with Crippen LogP contribution in [-0.2, 0) is 0 Å². The summed E-state index contributed by atoms with van der Waals surface area (Å²) in [5.74, 6) is 0. The van der Waals surface area contributed by atoms with Crippen LogP contribution in [0.15, 0.2) is 0 Å². The zero-order valence-electron chi connectivity index (χ0n) is 10.9. The Hall–Kier alpha value is -0.160. The van der Waals surface area contributed by atoms with Crippen LogP contribution in [0.4, 0.5) is 0 Å². The third-order valence-electron chi connectivity index (χ3n) is 4.30. The Morgan fingerprint density at radius 3 is 2.47 bits per heavy atom. The van der Waals surface area contributed by atoms with Gasteiger partial charge in [0.1, 0.15) is 0 Å². The van der Waals surface area contributed by atoms with E-state index in [0.717, 1.165) is 25.7 Å². The second-order valence-electron chi connectivity index (χ2n) is 5.52. The van der Waals surface area contributed by atoms with E-state index in [9.17, 15) is 0 Å². The molecule has 0 aromatic carbocycles. The SMILES string of the molecule is NC1CCC(N2CCCN(CCO)CC2)CC1. The van der Waals surface area contributed by atoms with Gasteiger partial charge >= 0.3 is 0 Å². The molecule has 1 saturated heterocycles. The number of aliphatic hydroxyl groups is 1. The first-order valence-corrected chi connectivity index (χ1v) is 7.12. The van der Waals surface area contributed by atoms with Gasteiger partial charge in [-0.1, -0.05) is 0 Å². The molecule has 17 heavy (non-hydrogen) atoms. The molecule has 1 aliphatic carbocycles. The van der Waals surface area contributed by atoms with Gasteiger partial charge in [-0.15, -0.1) is 0 Å². The lowest BCUT2D eigenvalue weighted by Crippen LogP contribution is -2.42. The molecule has 1 heterocycles. The van der Waals surface area contributed by atoms with Crippen molar-refractivity contribution < 1.29 is 5.11 Å². The highest BCUT2D eigenvalue weighted by molar-refractivity contribution is 4.83. The summed E-state index contributed by atoms with van der Waals surface area (Å²) in [6.45, 7) is 5.77. The van der Waals surface area contributed by atoms with E-state index in [4.69, 9.17) is 10.8 Å². The van der Waals surface area contributed by atoms with E-state index < -0.39 is 0 Å². The average Bonchev–Trinajstić information content (AvgIpc) is 2.56. The van der Waals surface area contributed by atoms with E-state index >= 15 is 0 Å². The van der Waals surface area contributed by atoms with Crippen molar-refractivity contribution in [2.24, 2.45) is 5.73 Å². The van der Waals surface area contributed by atoms with Crippen LogP contribution in [-0.4, -0.2) is 66.3 Å². The van der Waals surface area contributed by atoms with Crippen LogP contribution >= 0.6 is 0 Å². The molecule has 0 atom stereocenters. The Balaban J connectivity index is 1.78. The first-order chi connectivity index (χ1) is 8.29. The minimum atomic E-state index is 0.290. The van der Waals surface area contributed by atoms with Gasteiger partial charge in [0.2, 0.25) is 0 Å². The number of nitrogens with zero attached hydrogens (tertiary/aromatic N) is 2. The Bertz CT molecular complexity index is 217. The van der Waals surface area contributed by atoms with E-state index in [0.29, 0.717) is 6.04 Å². The van der Waals surface area contributed by atoms with Gasteiger partial charge in [-0.2, -0.15) is 0 Å². The van der Waals surface area contributed by atoms with Gasteiger partial charge in [-0.05, 0) is 45.2 Å². The quantitative estimate of drug-likeness (QED) is 0.744. The van der Waals surface area contributed by atoms with E-state index in [1.807, 2.05) is 0 Å². The second kappa shape index (κ2) is 6.69. The van der Waals surface area contributed by atoms with E-state index in [2.05, 4.69) is 9.80 Å². The van der Waals surface area contributed by atoms with Gasteiger partial charge in [0.25, 0.3) is 0 Å². The predicted molar refractivity (Wildman–Crippen MR) is 69.9 cm³/mol. The van der Waals surface area contributed by atoms with Crippen LogP contribution in [0.2, 0.25) is 0 Å². The van der Waals surface area contributed by atoms with Gasteiger partial charge in [0, 0.05) is 31.7 Å². The first-order valence-electron chi connectivity index (χ1n) is 7.12. The van der Waals surface area contributed by atoms with Crippen molar-refractivity contribution in [2.75, 3.05) is 39.3 Å².